The maximum atomic E-state index is 13.0. The van der Waals surface area contributed by atoms with Crippen molar-refractivity contribution in [1.82, 2.24) is 16.0 Å². The van der Waals surface area contributed by atoms with Gasteiger partial charge >= 0.3 is 6.03 Å². The molecule has 6 N–H and O–H groups in total. The number of amides is 5. The number of anilines is 1. The predicted octanol–water partition coefficient (Wildman–Crippen LogP) is 1.38. The number of hydrogen-bond acceptors (Lipinski definition) is 8. The number of carbonyl (C=O) groups excluding carboxylic acids is 5. The zero-order chi connectivity index (χ0) is 30.0. The number of urea groups is 1. The van der Waals surface area contributed by atoms with E-state index in [-0.39, 0.29) is 25.4 Å². The van der Waals surface area contributed by atoms with Crippen LogP contribution < -0.4 is 27.0 Å². The second-order valence-corrected chi connectivity index (χ2v) is 9.67. The molecule has 5 amide bonds. The van der Waals surface area contributed by atoms with Crippen LogP contribution in [0.3, 0.4) is 0 Å². The minimum absolute atomic E-state index is 0.207. The van der Waals surface area contributed by atoms with Crippen LogP contribution >= 0.6 is 0 Å². The zero-order valence-electron chi connectivity index (χ0n) is 23.7. The Kier molecular flexibility index (Phi) is 15.9. The zero-order valence-corrected chi connectivity index (χ0v) is 23.7. The van der Waals surface area contributed by atoms with Gasteiger partial charge in [0.25, 0.3) is 6.47 Å². The van der Waals surface area contributed by atoms with Gasteiger partial charge in [-0.05, 0) is 50.8 Å². The maximum Gasteiger partial charge on any atom is 0.312 e. The van der Waals surface area contributed by atoms with E-state index in [1.807, 2.05) is 6.92 Å². The van der Waals surface area contributed by atoms with Crippen molar-refractivity contribution in [3.63, 3.8) is 0 Å². The average molecular weight is 566 g/mol. The van der Waals surface area contributed by atoms with Crippen LogP contribution in [0.5, 0.6) is 0 Å². The number of nitrogens with two attached hydrogens (primary N) is 1. The molecule has 2 unspecified atom stereocenters. The highest BCUT2D eigenvalue weighted by molar-refractivity contribution is 5.98. The molecule has 0 saturated carbocycles. The number of carbonyl (C=O) groups is 5. The lowest BCUT2D eigenvalue weighted by atomic mass is 9.88. The molecule has 1 aromatic carbocycles. The third kappa shape index (κ3) is 13.9. The molecule has 0 fully saturated rings. The van der Waals surface area contributed by atoms with Crippen LogP contribution in [0.1, 0.15) is 58.6 Å². The monoisotopic (exact) mass is 565 g/mol. The molecule has 1 aromatic rings. The van der Waals surface area contributed by atoms with Crippen molar-refractivity contribution in [3.8, 4) is 0 Å². The second kappa shape index (κ2) is 18.6. The van der Waals surface area contributed by atoms with Gasteiger partial charge < -0.3 is 41.2 Å². The summed E-state index contributed by atoms with van der Waals surface area (Å²) in [5.74, 6) is -1.35. The van der Waals surface area contributed by atoms with E-state index in [4.69, 9.17) is 19.9 Å². The Labute approximate surface area is 235 Å². The van der Waals surface area contributed by atoms with Crippen LogP contribution in [-0.2, 0) is 33.4 Å². The first-order valence-corrected chi connectivity index (χ1v) is 13.3. The summed E-state index contributed by atoms with van der Waals surface area (Å²) in [5.41, 5.74) is 5.52. The Morgan fingerprint density at radius 2 is 1.70 bits per heavy atom. The molecule has 0 radical (unpaired) electrons. The van der Waals surface area contributed by atoms with E-state index in [1.165, 1.54) is 0 Å². The van der Waals surface area contributed by atoms with E-state index >= 15 is 0 Å². The highest BCUT2D eigenvalue weighted by atomic mass is 16.5. The summed E-state index contributed by atoms with van der Waals surface area (Å²) in [7, 11) is 0. The minimum atomic E-state index is -0.942. The van der Waals surface area contributed by atoms with Gasteiger partial charge in [-0.15, -0.1) is 0 Å². The third-order valence-electron chi connectivity index (χ3n) is 6.00. The first kappa shape index (κ1) is 34.3. The molecule has 1 rings (SSSR count). The van der Waals surface area contributed by atoms with Gasteiger partial charge in [-0.1, -0.05) is 26.0 Å². The summed E-state index contributed by atoms with van der Waals surface area (Å²) >= 11 is 0. The molecule has 13 heteroatoms. The van der Waals surface area contributed by atoms with E-state index in [2.05, 4.69) is 21.3 Å². The lowest BCUT2D eigenvalue weighted by Crippen LogP contribution is -2.49. The molecule has 0 heterocycles. The summed E-state index contributed by atoms with van der Waals surface area (Å²) in [6, 6.07) is 5.07. The molecule has 0 aliphatic carbocycles. The molecule has 13 nitrogen and oxygen atoms in total. The van der Waals surface area contributed by atoms with Gasteiger partial charge in [-0.3, -0.25) is 19.2 Å². The van der Waals surface area contributed by atoms with Gasteiger partial charge in [-0.25, -0.2) is 4.79 Å². The molecule has 40 heavy (non-hydrogen) atoms. The van der Waals surface area contributed by atoms with Crippen molar-refractivity contribution in [3.05, 3.63) is 29.8 Å². The summed E-state index contributed by atoms with van der Waals surface area (Å²) < 4.78 is 15.6. The molecular weight excluding hydrogens is 522 g/mol. The number of hydrogen-bond donors (Lipinski definition) is 5. The molecule has 0 aliphatic heterocycles. The van der Waals surface area contributed by atoms with Crippen LogP contribution in [0, 0.1) is 5.41 Å². The minimum Gasteiger partial charge on any atom is -0.460 e. The Hall–Kier alpha value is -3.71. The fraction of sp³-hybridized carbons (Fsp3) is 0.593. The van der Waals surface area contributed by atoms with Crippen LogP contribution in [0.15, 0.2) is 24.3 Å². The van der Waals surface area contributed by atoms with E-state index < -0.39 is 35.4 Å². The second-order valence-electron chi connectivity index (χ2n) is 9.67. The van der Waals surface area contributed by atoms with Gasteiger partial charge in [0.1, 0.15) is 12.1 Å². The van der Waals surface area contributed by atoms with Crippen molar-refractivity contribution < 1.29 is 38.2 Å². The lowest BCUT2D eigenvalue weighted by molar-refractivity contribution is -0.133. The number of benzene rings is 1. The Morgan fingerprint density at radius 1 is 1.02 bits per heavy atom. The summed E-state index contributed by atoms with van der Waals surface area (Å²) in [5, 5.41) is 10.4. The Morgan fingerprint density at radius 3 is 2.33 bits per heavy atom. The number of ether oxygens (including phenoxy) is 3. The predicted molar refractivity (Wildman–Crippen MR) is 148 cm³/mol. The maximum absolute atomic E-state index is 13.0. The average Bonchev–Trinajstić information content (AvgIpc) is 2.91. The Bertz CT molecular complexity index is 955. The molecule has 0 saturated heterocycles. The molecule has 0 aromatic heterocycles. The normalized spacial score (nSPS) is 12.5. The summed E-state index contributed by atoms with van der Waals surface area (Å²) in [4.78, 5) is 59.8. The first-order chi connectivity index (χ1) is 19.0. The van der Waals surface area contributed by atoms with Crippen molar-refractivity contribution >= 4 is 35.9 Å². The topological polar surface area (TPSA) is 187 Å². The van der Waals surface area contributed by atoms with E-state index in [9.17, 15) is 24.0 Å². The van der Waals surface area contributed by atoms with E-state index in [1.54, 1.807) is 45.0 Å². The van der Waals surface area contributed by atoms with Crippen molar-refractivity contribution in [2.75, 3.05) is 44.8 Å². The summed E-state index contributed by atoms with van der Waals surface area (Å²) in [6.07, 6.45) is 0.575. The Balaban J connectivity index is 2.69. The van der Waals surface area contributed by atoms with Gasteiger partial charge in [0.05, 0.1) is 19.8 Å². The van der Waals surface area contributed by atoms with Crippen molar-refractivity contribution in [1.29, 1.82) is 0 Å². The van der Waals surface area contributed by atoms with Crippen molar-refractivity contribution in [2.24, 2.45) is 11.1 Å². The molecular formula is C27H43N5O8. The van der Waals surface area contributed by atoms with Gasteiger partial charge in [0.15, 0.2) is 0 Å². The van der Waals surface area contributed by atoms with Crippen LogP contribution in [0.4, 0.5) is 10.5 Å². The van der Waals surface area contributed by atoms with E-state index in [0.717, 1.165) is 5.56 Å². The van der Waals surface area contributed by atoms with Gasteiger partial charge in [0, 0.05) is 30.9 Å². The standard InChI is InChI=1S/C27H43N5O8/c1-5-38-15-16-39-14-12-27(3,4)25(36)30-17-23(34)32-22(7-6-13-29-26(28)37)24(35)31-21-10-8-20(9-11-21)19(2)40-18-33/h8-11,18-19,22H,5-7,12-17H2,1-4H3,(H,30,36)(H,31,35)(H,32,34)(H3,28,29,37). The van der Waals surface area contributed by atoms with Gasteiger partial charge in [-0.2, -0.15) is 0 Å². The van der Waals surface area contributed by atoms with Crippen LogP contribution in [0.2, 0.25) is 0 Å². The van der Waals surface area contributed by atoms with Crippen molar-refractivity contribution in [2.45, 2.75) is 59.1 Å². The SMILES string of the molecule is CCOCCOCCC(C)(C)C(=O)NCC(=O)NC(CCCNC(N)=O)C(=O)Nc1ccc(C(C)OC=O)cc1. The smallest absolute Gasteiger partial charge is 0.312 e. The quantitative estimate of drug-likeness (QED) is 0.116. The lowest BCUT2D eigenvalue weighted by Gasteiger charge is -2.24. The highest BCUT2D eigenvalue weighted by Crippen LogP contribution is 2.20. The largest absolute Gasteiger partial charge is 0.460 e. The molecule has 224 valence electrons. The molecule has 2 atom stereocenters. The van der Waals surface area contributed by atoms with Crippen LogP contribution in [0.25, 0.3) is 0 Å². The van der Waals surface area contributed by atoms with E-state index in [0.29, 0.717) is 51.4 Å². The summed E-state index contributed by atoms with van der Waals surface area (Å²) in [6.45, 7) is 9.28. The van der Waals surface area contributed by atoms with Gasteiger partial charge in [0.2, 0.25) is 17.7 Å². The third-order valence-corrected chi connectivity index (χ3v) is 6.00. The molecule has 0 aliphatic rings. The number of rotatable bonds is 20. The highest BCUT2D eigenvalue weighted by Gasteiger charge is 2.28. The fourth-order valence-electron chi connectivity index (χ4n) is 3.47. The number of primary amides is 1. The number of nitrogens with one attached hydrogen (secondary N) is 4. The molecule has 0 spiro atoms. The molecule has 0 bridgehead atoms. The first-order valence-electron chi connectivity index (χ1n) is 13.3. The van der Waals surface area contributed by atoms with Crippen LogP contribution in [-0.4, -0.2) is 75.8 Å². The fourth-order valence-corrected chi connectivity index (χ4v) is 3.47.